The molecular weight excluding hydrogens is 200 g/mol. The van der Waals surface area contributed by atoms with Crippen LogP contribution < -0.4 is 5.32 Å². The number of hydrogen-bond acceptors (Lipinski definition) is 3. The lowest BCUT2D eigenvalue weighted by Crippen LogP contribution is -2.42. The van der Waals surface area contributed by atoms with E-state index < -0.39 is 0 Å². The van der Waals surface area contributed by atoms with Gasteiger partial charge in [0.15, 0.2) is 0 Å². The Hall–Kier alpha value is -0.590. The molecule has 0 radical (unpaired) electrons. The van der Waals surface area contributed by atoms with Gasteiger partial charge in [-0.2, -0.15) is 5.26 Å². The van der Waals surface area contributed by atoms with Crippen molar-refractivity contribution in [3.8, 4) is 6.07 Å². The quantitative estimate of drug-likeness (QED) is 0.705. The van der Waals surface area contributed by atoms with Gasteiger partial charge in [0, 0.05) is 12.6 Å². The van der Waals surface area contributed by atoms with Gasteiger partial charge in [-0.15, -0.1) is 0 Å². The Morgan fingerprint density at radius 2 is 1.94 bits per heavy atom. The largest absolute Gasteiger partial charge is 0.376 e. The second-order valence-electron chi connectivity index (χ2n) is 5.93. The van der Waals surface area contributed by atoms with Crippen molar-refractivity contribution in [2.24, 2.45) is 0 Å². The second-order valence-corrected chi connectivity index (χ2v) is 5.93. The van der Waals surface area contributed by atoms with Crippen LogP contribution in [-0.2, 0) is 4.74 Å². The van der Waals surface area contributed by atoms with Crippen LogP contribution in [-0.4, -0.2) is 23.8 Å². The van der Waals surface area contributed by atoms with Crippen LogP contribution in [0.15, 0.2) is 0 Å². The van der Waals surface area contributed by atoms with E-state index in [1.54, 1.807) is 0 Å². The first kappa shape index (κ1) is 13.5. The highest BCUT2D eigenvalue weighted by Crippen LogP contribution is 2.24. The van der Waals surface area contributed by atoms with Crippen LogP contribution in [0.1, 0.15) is 53.4 Å². The van der Waals surface area contributed by atoms with Gasteiger partial charge in [-0.05, 0) is 53.4 Å². The van der Waals surface area contributed by atoms with Crippen LogP contribution >= 0.6 is 0 Å². The normalized spacial score (nSPS) is 20.2. The third kappa shape index (κ3) is 5.48. The van der Waals surface area contributed by atoms with Crippen molar-refractivity contribution in [1.29, 1.82) is 5.26 Å². The first-order valence-corrected chi connectivity index (χ1v) is 6.18. The van der Waals surface area contributed by atoms with E-state index in [1.165, 1.54) is 12.8 Å². The molecule has 0 aliphatic heterocycles. The highest BCUT2D eigenvalue weighted by molar-refractivity contribution is 5.06. The van der Waals surface area contributed by atoms with Crippen molar-refractivity contribution < 1.29 is 4.74 Å². The lowest BCUT2D eigenvalue weighted by molar-refractivity contribution is -0.00603. The maximum Gasteiger partial charge on any atom is 0.104 e. The number of hydrogen-bond donors (Lipinski definition) is 1. The molecule has 0 aromatic carbocycles. The van der Waals surface area contributed by atoms with Crippen LogP contribution in [0.2, 0.25) is 0 Å². The molecule has 0 bridgehead atoms. The van der Waals surface area contributed by atoms with Gasteiger partial charge in [-0.3, -0.25) is 5.32 Å². The molecule has 16 heavy (non-hydrogen) atoms. The van der Waals surface area contributed by atoms with E-state index in [2.05, 4.69) is 32.2 Å². The van der Waals surface area contributed by atoms with Crippen LogP contribution in [0.4, 0.5) is 0 Å². The van der Waals surface area contributed by atoms with E-state index in [0.717, 1.165) is 19.4 Å². The standard InChI is InChI=1S/C13H24N2O/c1-12(2,3)16-9-5-8-13(4,10-14)15-11-6-7-11/h11,15H,5-9H2,1-4H3. The summed E-state index contributed by atoms with van der Waals surface area (Å²) in [4.78, 5) is 0. The fourth-order valence-corrected chi connectivity index (χ4v) is 1.64. The maximum atomic E-state index is 9.17. The van der Waals surface area contributed by atoms with Crippen LogP contribution in [0.25, 0.3) is 0 Å². The summed E-state index contributed by atoms with van der Waals surface area (Å²) in [5, 5.41) is 12.6. The lowest BCUT2D eigenvalue weighted by Gasteiger charge is -2.25. The number of nitrogens with one attached hydrogen (secondary N) is 1. The van der Waals surface area contributed by atoms with Crippen molar-refractivity contribution >= 4 is 0 Å². The Morgan fingerprint density at radius 3 is 2.38 bits per heavy atom. The minimum absolute atomic E-state index is 0.0764. The van der Waals surface area contributed by atoms with Gasteiger partial charge in [0.2, 0.25) is 0 Å². The summed E-state index contributed by atoms with van der Waals surface area (Å²) in [6.45, 7) is 8.88. The Bertz CT molecular complexity index is 260. The molecule has 1 aliphatic carbocycles. The monoisotopic (exact) mass is 224 g/mol. The second kappa shape index (κ2) is 5.16. The van der Waals surface area contributed by atoms with Crippen LogP contribution in [0, 0.1) is 11.3 Å². The van der Waals surface area contributed by atoms with Crippen molar-refractivity contribution in [2.75, 3.05) is 6.61 Å². The Labute approximate surface area is 99.2 Å². The Kier molecular flexibility index (Phi) is 4.35. The maximum absolute atomic E-state index is 9.17. The predicted molar refractivity (Wildman–Crippen MR) is 65.1 cm³/mol. The molecule has 1 N–H and O–H groups in total. The van der Waals surface area contributed by atoms with Gasteiger partial charge in [0.25, 0.3) is 0 Å². The number of ether oxygens (including phenoxy) is 1. The van der Waals surface area contributed by atoms with Crippen molar-refractivity contribution in [3.63, 3.8) is 0 Å². The molecule has 0 aromatic heterocycles. The average molecular weight is 224 g/mol. The summed E-state index contributed by atoms with van der Waals surface area (Å²) < 4.78 is 5.65. The van der Waals surface area contributed by atoms with Gasteiger partial charge < -0.3 is 4.74 Å². The minimum atomic E-state index is -0.373. The van der Waals surface area contributed by atoms with Crippen molar-refractivity contribution in [2.45, 2.75) is 70.6 Å². The van der Waals surface area contributed by atoms with Gasteiger partial charge in [0.05, 0.1) is 11.7 Å². The molecule has 1 fully saturated rings. The summed E-state index contributed by atoms with van der Waals surface area (Å²) >= 11 is 0. The summed E-state index contributed by atoms with van der Waals surface area (Å²) in [6, 6.07) is 2.96. The fraction of sp³-hybridized carbons (Fsp3) is 0.923. The summed E-state index contributed by atoms with van der Waals surface area (Å²) in [5.41, 5.74) is -0.449. The zero-order valence-corrected chi connectivity index (χ0v) is 11.0. The van der Waals surface area contributed by atoms with Crippen LogP contribution in [0.5, 0.6) is 0 Å². The summed E-state index contributed by atoms with van der Waals surface area (Å²) in [7, 11) is 0. The van der Waals surface area contributed by atoms with Crippen molar-refractivity contribution in [3.05, 3.63) is 0 Å². The van der Waals surface area contributed by atoms with E-state index in [1.807, 2.05) is 6.92 Å². The smallest absolute Gasteiger partial charge is 0.104 e. The van der Waals surface area contributed by atoms with E-state index in [4.69, 9.17) is 10.00 Å². The summed E-state index contributed by atoms with van der Waals surface area (Å²) in [5.74, 6) is 0. The first-order chi connectivity index (χ1) is 7.35. The van der Waals surface area contributed by atoms with E-state index in [9.17, 15) is 0 Å². The molecule has 0 saturated heterocycles. The molecule has 1 unspecified atom stereocenters. The topological polar surface area (TPSA) is 45.0 Å². The predicted octanol–water partition coefficient (Wildman–Crippen LogP) is 2.62. The van der Waals surface area contributed by atoms with Gasteiger partial charge in [0.1, 0.15) is 5.54 Å². The molecule has 0 aromatic rings. The first-order valence-electron chi connectivity index (χ1n) is 6.18. The zero-order valence-electron chi connectivity index (χ0n) is 11.0. The number of rotatable bonds is 6. The molecule has 3 heteroatoms. The average Bonchev–Trinajstić information content (AvgIpc) is 2.95. The molecule has 0 spiro atoms. The van der Waals surface area contributed by atoms with Gasteiger partial charge in [-0.25, -0.2) is 0 Å². The van der Waals surface area contributed by atoms with E-state index in [0.29, 0.717) is 6.04 Å². The molecule has 92 valence electrons. The molecule has 3 nitrogen and oxygen atoms in total. The van der Waals surface area contributed by atoms with E-state index in [-0.39, 0.29) is 11.1 Å². The SMILES string of the molecule is CC(C#N)(CCCOC(C)(C)C)NC1CC1. The molecule has 1 rings (SSSR count). The molecule has 1 aliphatic rings. The van der Waals surface area contributed by atoms with Crippen LogP contribution in [0.3, 0.4) is 0 Å². The number of nitrogens with zero attached hydrogens (tertiary/aromatic N) is 1. The summed E-state index contributed by atoms with van der Waals surface area (Å²) in [6.07, 6.45) is 4.22. The fourth-order valence-electron chi connectivity index (χ4n) is 1.64. The highest BCUT2D eigenvalue weighted by Gasteiger charge is 2.32. The Morgan fingerprint density at radius 1 is 1.31 bits per heavy atom. The minimum Gasteiger partial charge on any atom is -0.376 e. The van der Waals surface area contributed by atoms with E-state index >= 15 is 0 Å². The molecular formula is C13H24N2O. The molecule has 1 saturated carbocycles. The molecule has 0 amide bonds. The third-order valence-corrected chi connectivity index (χ3v) is 2.70. The highest BCUT2D eigenvalue weighted by atomic mass is 16.5. The van der Waals surface area contributed by atoms with Gasteiger partial charge >= 0.3 is 0 Å². The lowest BCUT2D eigenvalue weighted by atomic mass is 9.97. The number of nitriles is 1. The Balaban J connectivity index is 2.20. The third-order valence-electron chi connectivity index (χ3n) is 2.70. The van der Waals surface area contributed by atoms with Gasteiger partial charge in [-0.1, -0.05) is 0 Å². The zero-order chi connectivity index (χ0) is 12.2. The molecule has 1 atom stereocenters. The van der Waals surface area contributed by atoms with Crippen molar-refractivity contribution in [1.82, 2.24) is 5.32 Å². The molecule has 0 heterocycles.